The average molecular weight is 366 g/mol. The Kier molecular flexibility index (Phi) is 5.11. The van der Waals surface area contributed by atoms with Gasteiger partial charge in [0.15, 0.2) is 0 Å². The van der Waals surface area contributed by atoms with Crippen LogP contribution in [0.2, 0.25) is 9.49 Å². The number of aromatic nitrogens is 2. The molecule has 0 radical (unpaired) electrons. The lowest BCUT2D eigenvalue weighted by Crippen LogP contribution is -2.31. The Morgan fingerprint density at radius 3 is 2.67 bits per heavy atom. The monoisotopic (exact) mass is 365 g/mol. The zero-order valence-corrected chi connectivity index (χ0v) is 14.3. The number of aryl methyl sites for hydroxylation is 1. The lowest BCUT2D eigenvalue weighted by Gasteiger charge is -2.18. The van der Waals surface area contributed by atoms with Gasteiger partial charge in [0.1, 0.15) is 5.15 Å². The molecule has 0 saturated heterocycles. The SMILES string of the molecule is C=CCN(Cc1ccc(Cl)s1)S(=O)(=O)c1ncn(C)c1Cl. The van der Waals surface area contributed by atoms with Gasteiger partial charge in [0.2, 0.25) is 5.03 Å². The molecule has 2 heterocycles. The molecule has 5 nitrogen and oxygen atoms in total. The van der Waals surface area contributed by atoms with E-state index in [2.05, 4.69) is 11.6 Å². The van der Waals surface area contributed by atoms with Crippen LogP contribution in [0.15, 0.2) is 36.1 Å². The number of nitrogens with zero attached hydrogens (tertiary/aromatic N) is 3. The van der Waals surface area contributed by atoms with Crippen LogP contribution in [-0.2, 0) is 23.6 Å². The first-order valence-electron chi connectivity index (χ1n) is 5.88. The van der Waals surface area contributed by atoms with Crippen molar-refractivity contribution in [3.8, 4) is 0 Å². The Bertz CT molecular complexity index is 752. The zero-order chi connectivity index (χ0) is 15.6. The molecule has 0 aliphatic carbocycles. The van der Waals surface area contributed by atoms with Crippen LogP contribution < -0.4 is 0 Å². The third-order valence-electron chi connectivity index (χ3n) is 2.71. The second-order valence-corrected chi connectivity index (χ2v) is 8.25. The van der Waals surface area contributed by atoms with Crippen LogP contribution >= 0.6 is 34.5 Å². The van der Waals surface area contributed by atoms with Gasteiger partial charge in [-0.15, -0.1) is 17.9 Å². The Labute approximate surface area is 137 Å². The first-order chi connectivity index (χ1) is 9.86. The van der Waals surface area contributed by atoms with Gasteiger partial charge in [0.25, 0.3) is 10.0 Å². The third kappa shape index (κ3) is 3.49. The number of hydrogen-bond donors (Lipinski definition) is 0. The second-order valence-electron chi connectivity index (χ2n) is 4.24. The van der Waals surface area contributed by atoms with Gasteiger partial charge in [0.05, 0.1) is 10.7 Å². The highest BCUT2D eigenvalue weighted by Crippen LogP contribution is 2.27. The number of imidazole rings is 1. The van der Waals surface area contributed by atoms with E-state index in [1.165, 1.54) is 32.6 Å². The molecule has 0 bridgehead atoms. The zero-order valence-electron chi connectivity index (χ0n) is 11.2. The summed E-state index contributed by atoms with van der Waals surface area (Å²) in [6.07, 6.45) is 2.88. The van der Waals surface area contributed by atoms with Gasteiger partial charge in [-0.05, 0) is 12.1 Å². The fourth-order valence-electron chi connectivity index (χ4n) is 1.69. The summed E-state index contributed by atoms with van der Waals surface area (Å²) in [5.41, 5.74) is 0. The van der Waals surface area contributed by atoms with Crippen LogP contribution in [0.4, 0.5) is 0 Å². The van der Waals surface area contributed by atoms with E-state index in [4.69, 9.17) is 23.2 Å². The van der Waals surface area contributed by atoms with Crippen molar-refractivity contribution in [2.45, 2.75) is 11.6 Å². The third-order valence-corrected chi connectivity index (χ3v) is 6.23. The smallest absolute Gasteiger partial charge is 0.264 e. The van der Waals surface area contributed by atoms with Gasteiger partial charge in [-0.3, -0.25) is 0 Å². The van der Waals surface area contributed by atoms with E-state index in [9.17, 15) is 8.42 Å². The molecule has 2 rings (SSSR count). The maximum absolute atomic E-state index is 12.7. The standard InChI is InChI=1S/C12H13Cl2N3O2S2/c1-3-6-17(7-9-4-5-10(13)20-9)21(18,19)12-11(14)16(2)8-15-12/h3-5,8H,1,6-7H2,2H3. The van der Waals surface area contributed by atoms with Crippen molar-refractivity contribution in [1.29, 1.82) is 0 Å². The first-order valence-corrected chi connectivity index (χ1v) is 8.89. The topological polar surface area (TPSA) is 55.2 Å². The lowest BCUT2D eigenvalue weighted by atomic mass is 10.4. The summed E-state index contributed by atoms with van der Waals surface area (Å²) < 4.78 is 28.6. The van der Waals surface area contributed by atoms with Crippen LogP contribution in [-0.4, -0.2) is 28.8 Å². The van der Waals surface area contributed by atoms with Crippen molar-refractivity contribution in [3.05, 3.63) is 45.5 Å². The highest BCUT2D eigenvalue weighted by atomic mass is 35.5. The molecule has 0 amide bonds. The molecule has 0 aliphatic heterocycles. The van der Waals surface area contributed by atoms with Crippen molar-refractivity contribution in [1.82, 2.24) is 13.9 Å². The van der Waals surface area contributed by atoms with Gasteiger partial charge in [-0.2, -0.15) is 4.31 Å². The molecule has 9 heteroatoms. The van der Waals surface area contributed by atoms with Gasteiger partial charge < -0.3 is 4.57 Å². The van der Waals surface area contributed by atoms with Gasteiger partial charge in [-0.1, -0.05) is 29.3 Å². The second kappa shape index (κ2) is 6.50. The van der Waals surface area contributed by atoms with E-state index in [0.717, 1.165) is 4.88 Å². The van der Waals surface area contributed by atoms with Crippen molar-refractivity contribution >= 4 is 44.6 Å². The predicted molar refractivity (Wildman–Crippen MR) is 85.3 cm³/mol. The maximum Gasteiger partial charge on any atom is 0.264 e. The van der Waals surface area contributed by atoms with Crippen LogP contribution in [0.25, 0.3) is 0 Å². The van der Waals surface area contributed by atoms with Gasteiger partial charge in [-0.25, -0.2) is 13.4 Å². The quantitative estimate of drug-likeness (QED) is 0.738. The molecule has 0 aromatic carbocycles. The van der Waals surface area contributed by atoms with Crippen molar-refractivity contribution in [3.63, 3.8) is 0 Å². The number of thiophene rings is 1. The van der Waals surface area contributed by atoms with Gasteiger partial charge >= 0.3 is 0 Å². The molecule has 21 heavy (non-hydrogen) atoms. The van der Waals surface area contributed by atoms with Crippen LogP contribution in [0, 0.1) is 0 Å². The van der Waals surface area contributed by atoms with Crippen LogP contribution in [0.3, 0.4) is 0 Å². The Balaban J connectivity index is 2.36. The molecule has 114 valence electrons. The summed E-state index contributed by atoms with van der Waals surface area (Å²) in [6.45, 7) is 3.95. The normalized spacial score (nSPS) is 12.0. The molecule has 0 unspecified atom stereocenters. The van der Waals surface area contributed by atoms with E-state index in [1.54, 1.807) is 19.2 Å². The van der Waals surface area contributed by atoms with E-state index in [0.29, 0.717) is 4.34 Å². The molecule has 0 N–H and O–H groups in total. The summed E-state index contributed by atoms with van der Waals surface area (Å²) in [5.74, 6) is 0. The van der Waals surface area contributed by atoms with E-state index in [1.807, 2.05) is 0 Å². The Morgan fingerprint density at radius 1 is 1.48 bits per heavy atom. The maximum atomic E-state index is 12.7. The number of halogens is 2. The highest BCUT2D eigenvalue weighted by Gasteiger charge is 2.29. The minimum atomic E-state index is -3.80. The summed E-state index contributed by atoms with van der Waals surface area (Å²) in [5, 5.41) is -0.0792. The summed E-state index contributed by atoms with van der Waals surface area (Å²) in [4.78, 5) is 4.71. The van der Waals surface area contributed by atoms with Crippen molar-refractivity contribution in [2.24, 2.45) is 7.05 Å². The molecule has 0 aliphatic rings. The molecular formula is C12H13Cl2N3O2S2. The fraction of sp³-hybridized carbons (Fsp3) is 0.250. The minimum Gasteiger partial charge on any atom is -0.324 e. The molecule has 0 atom stereocenters. The predicted octanol–water partition coefficient (Wildman–Crippen LogP) is 3.17. The molecule has 0 spiro atoms. The largest absolute Gasteiger partial charge is 0.324 e. The van der Waals surface area contributed by atoms with E-state index < -0.39 is 10.0 Å². The van der Waals surface area contributed by atoms with Gasteiger partial charge in [0, 0.05) is 25.0 Å². The number of rotatable bonds is 6. The lowest BCUT2D eigenvalue weighted by molar-refractivity contribution is 0.439. The summed E-state index contributed by atoms with van der Waals surface area (Å²) in [7, 11) is -2.17. The average Bonchev–Trinajstić information content (AvgIpc) is 2.97. The minimum absolute atomic E-state index is 0.0771. The molecule has 2 aromatic rings. The molecular weight excluding hydrogens is 353 g/mol. The van der Waals surface area contributed by atoms with Crippen molar-refractivity contribution < 1.29 is 8.42 Å². The number of sulfonamides is 1. The Hall–Kier alpha value is -0.860. The Morgan fingerprint density at radius 2 is 2.19 bits per heavy atom. The van der Waals surface area contributed by atoms with Crippen LogP contribution in [0.5, 0.6) is 0 Å². The van der Waals surface area contributed by atoms with Crippen molar-refractivity contribution in [2.75, 3.05) is 6.54 Å². The number of hydrogen-bond acceptors (Lipinski definition) is 4. The molecule has 0 fully saturated rings. The fourth-order valence-corrected chi connectivity index (χ4v) is 4.65. The van der Waals surface area contributed by atoms with E-state index >= 15 is 0 Å². The summed E-state index contributed by atoms with van der Waals surface area (Å²) >= 11 is 13.2. The highest BCUT2D eigenvalue weighted by molar-refractivity contribution is 7.89. The summed E-state index contributed by atoms with van der Waals surface area (Å²) in [6, 6.07) is 3.52. The first kappa shape index (κ1) is 16.5. The van der Waals surface area contributed by atoms with E-state index in [-0.39, 0.29) is 23.3 Å². The molecule has 2 aromatic heterocycles. The molecule has 0 saturated carbocycles. The van der Waals surface area contributed by atoms with Crippen LogP contribution in [0.1, 0.15) is 4.88 Å².